The monoisotopic (exact) mass is 270 g/mol. The number of pyridine rings is 1. The largest absolute Gasteiger partial charge is 0.323 e. The third kappa shape index (κ3) is 2.95. The van der Waals surface area contributed by atoms with E-state index in [9.17, 15) is 4.79 Å². The van der Waals surface area contributed by atoms with Crippen molar-refractivity contribution in [3.8, 4) is 0 Å². The van der Waals surface area contributed by atoms with Crippen LogP contribution in [0.25, 0.3) is 0 Å². The smallest absolute Gasteiger partial charge is 0.257 e. The van der Waals surface area contributed by atoms with E-state index in [0.29, 0.717) is 16.9 Å². The summed E-state index contributed by atoms with van der Waals surface area (Å²) in [6, 6.07) is 9.15. The van der Waals surface area contributed by atoms with E-state index in [2.05, 4.69) is 15.7 Å². The van der Waals surface area contributed by atoms with Crippen LogP contribution in [0.2, 0.25) is 0 Å². The summed E-state index contributed by atoms with van der Waals surface area (Å²) < 4.78 is 0. The van der Waals surface area contributed by atoms with Crippen molar-refractivity contribution in [1.29, 1.82) is 0 Å². The van der Waals surface area contributed by atoms with Gasteiger partial charge in [-0.3, -0.25) is 15.6 Å². The summed E-state index contributed by atoms with van der Waals surface area (Å²) in [5, 5.41) is 2.85. The molecule has 0 aliphatic rings. The van der Waals surface area contributed by atoms with Crippen LogP contribution < -0.4 is 16.6 Å². The highest BCUT2D eigenvalue weighted by Crippen LogP contribution is 2.19. The lowest BCUT2D eigenvalue weighted by Gasteiger charge is -2.12. The highest BCUT2D eigenvalue weighted by molar-refractivity contribution is 6.08. The van der Waals surface area contributed by atoms with E-state index in [1.165, 1.54) is 0 Å². The minimum Gasteiger partial charge on any atom is -0.323 e. The lowest BCUT2D eigenvalue weighted by Crippen LogP contribution is -2.18. The number of hydrazine groups is 1. The predicted octanol–water partition coefficient (Wildman–Crippen LogP) is 2.54. The first-order valence-corrected chi connectivity index (χ1v) is 6.34. The lowest BCUT2D eigenvalue weighted by atomic mass is 10.1. The first kappa shape index (κ1) is 14.0. The van der Waals surface area contributed by atoms with E-state index in [0.717, 1.165) is 17.0 Å². The zero-order valence-corrected chi connectivity index (χ0v) is 11.8. The summed E-state index contributed by atoms with van der Waals surface area (Å²) in [7, 11) is 0. The first-order valence-electron chi connectivity index (χ1n) is 6.34. The number of anilines is 2. The maximum Gasteiger partial charge on any atom is 0.257 e. The standard InChI is InChI=1S/C15H18N4O/c1-9-4-6-12(14(8-9)19-16)15(20)18-13-7-5-10(2)17-11(13)3/h4-8,19H,16H2,1-3H3,(H,18,20). The topological polar surface area (TPSA) is 80.0 Å². The summed E-state index contributed by atoms with van der Waals surface area (Å²) in [5.41, 5.74) is 7.08. The third-order valence-corrected chi connectivity index (χ3v) is 3.05. The Hall–Kier alpha value is -2.40. The fourth-order valence-corrected chi connectivity index (χ4v) is 1.98. The predicted molar refractivity (Wildman–Crippen MR) is 80.7 cm³/mol. The molecule has 5 heteroatoms. The van der Waals surface area contributed by atoms with Crippen LogP contribution in [0.5, 0.6) is 0 Å². The van der Waals surface area contributed by atoms with Gasteiger partial charge in [-0.05, 0) is 50.6 Å². The number of amides is 1. The van der Waals surface area contributed by atoms with Crippen molar-refractivity contribution in [3.05, 3.63) is 52.8 Å². The molecule has 0 fully saturated rings. The number of nitrogens with one attached hydrogen (secondary N) is 2. The van der Waals surface area contributed by atoms with Crippen LogP contribution >= 0.6 is 0 Å². The average molecular weight is 270 g/mol. The molecule has 20 heavy (non-hydrogen) atoms. The van der Waals surface area contributed by atoms with E-state index >= 15 is 0 Å². The Morgan fingerprint density at radius 2 is 1.85 bits per heavy atom. The fourth-order valence-electron chi connectivity index (χ4n) is 1.98. The van der Waals surface area contributed by atoms with Crippen molar-refractivity contribution in [1.82, 2.24) is 4.98 Å². The molecule has 0 bridgehead atoms. The highest BCUT2D eigenvalue weighted by Gasteiger charge is 2.12. The van der Waals surface area contributed by atoms with Crippen LogP contribution in [-0.4, -0.2) is 10.9 Å². The molecule has 0 aliphatic heterocycles. The van der Waals surface area contributed by atoms with Gasteiger partial charge < -0.3 is 10.7 Å². The van der Waals surface area contributed by atoms with E-state index in [1.54, 1.807) is 6.07 Å². The summed E-state index contributed by atoms with van der Waals surface area (Å²) in [4.78, 5) is 16.6. The average Bonchev–Trinajstić information content (AvgIpc) is 2.41. The maximum absolute atomic E-state index is 12.3. The van der Waals surface area contributed by atoms with Crippen molar-refractivity contribution in [3.63, 3.8) is 0 Å². The molecular weight excluding hydrogens is 252 g/mol. The molecule has 1 amide bonds. The quantitative estimate of drug-likeness (QED) is 0.591. The Kier molecular flexibility index (Phi) is 4.00. The normalized spacial score (nSPS) is 10.2. The molecule has 1 aromatic carbocycles. The van der Waals surface area contributed by atoms with Crippen LogP contribution in [0.3, 0.4) is 0 Å². The molecule has 0 saturated carbocycles. The van der Waals surface area contributed by atoms with Gasteiger partial charge in [0, 0.05) is 5.69 Å². The van der Waals surface area contributed by atoms with Gasteiger partial charge in [0.1, 0.15) is 0 Å². The number of aromatic nitrogens is 1. The number of nitrogens with two attached hydrogens (primary N) is 1. The minimum atomic E-state index is -0.216. The zero-order valence-electron chi connectivity index (χ0n) is 11.8. The second-order valence-electron chi connectivity index (χ2n) is 4.73. The van der Waals surface area contributed by atoms with Crippen LogP contribution in [0.4, 0.5) is 11.4 Å². The molecule has 2 rings (SSSR count). The van der Waals surface area contributed by atoms with Crippen LogP contribution in [0.15, 0.2) is 30.3 Å². The van der Waals surface area contributed by atoms with Crippen molar-refractivity contribution in [2.45, 2.75) is 20.8 Å². The van der Waals surface area contributed by atoms with E-state index < -0.39 is 0 Å². The summed E-state index contributed by atoms with van der Waals surface area (Å²) in [5.74, 6) is 5.24. The van der Waals surface area contributed by atoms with Gasteiger partial charge in [-0.25, -0.2) is 0 Å². The number of hydrogen-bond donors (Lipinski definition) is 3. The van der Waals surface area contributed by atoms with E-state index in [-0.39, 0.29) is 5.91 Å². The van der Waals surface area contributed by atoms with Gasteiger partial charge >= 0.3 is 0 Å². The fraction of sp³-hybridized carbons (Fsp3) is 0.200. The van der Waals surface area contributed by atoms with Gasteiger partial charge in [-0.2, -0.15) is 0 Å². The van der Waals surface area contributed by atoms with Crippen molar-refractivity contribution < 1.29 is 4.79 Å². The number of aryl methyl sites for hydroxylation is 3. The third-order valence-electron chi connectivity index (χ3n) is 3.05. The van der Waals surface area contributed by atoms with Crippen molar-refractivity contribution in [2.75, 3.05) is 10.7 Å². The molecule has 0 atom stereocenters. The van der Waals surface area contributed by atoms with Gasteiger partial charge in [0.25, 0.3) is 5.91 Å². The number of nitrogens with zero attached hydrogens (tertiary/aromatic N) is 1. The Morgan fingerprint density at radius 1 is 1.10 bits per heavy atom. The summed E-state index contributed by atoms with van der Waals surface area (Å²) in [6.07, 6.45) is 0. The lowest BCUT2D eigenvalue weighted by molar-refractivity contribution is 0.102. The molecule has 2 aromatic rings. The van der Waals surface area contributed by atoms with E-state index in [4.69, 9.17) is 5.84 Å². The zero-order chi connectivity index (χ0) is 14.7. The number of carbonyl (C=O) groups is 1. The molecule has 0 aliphatic carbocycles. The second-order valence-corrected chi connectivity index (χ2v) is 4.73. The number of benzene rings is 1. The van der Waals surface area contributed by atoms with E-state index in [1.807, 2.05) is 45.0 Å². The van der Waals surface area contributed by atoms with Crippen LogP contribution in [-0.2, 0) is 0 Å². The second kappa shape index (κ2) is 5.71. The molecule has 104 valence electrons. The molecule has 0 spiro atoms. The Labute approximate surface area is 118 Å². The molecule has 0 unspecified atom stereocenters. The maximum atomic E-state index is 12.3. The van der Waals surface area contributed by atoms with Gasteiger partial charge in [0.15, 0.2) is 0 Å². The van der Waals surface area contributed by atoms with Crippen molar-refractivity contribution >= 4 is 17.3 Å². The van der Waals surface area contributed by atoms with Gasteiger partial charge in [-0.1, -0.05) is 6.07 Å². The minimum absolute atomic E-state index is 0.216. The first-order chi connectivity index (χ1) is 9.51. The molecule has 1 aromatic heterocycles. The van der Waals surface area contributed by atoms with Gasteiger partial charge in [0.05, 0.1) is 22.6 Å². The van der Waals surface area contributed by atoms with Crippen LogP contribution in [0, 0.1) is 20.8 Å². The molecule has 1 heterocycles. The van der Waals surface area contributed by atoms with Crippen LogP contribution in [0.1, 0.15) is 27.3 Å². The number of nitrogen functional groups attached to an aromatic ring is 1. The number of rotatable bonds is 3. The van der Waals surface area contributed by atoms with Gasteiger partial charge in [-0.15, -0.1) is 0 Å². The number of carbonyl (C=O) groups excluding carboxylic acids is 1. The number of hydrogen-bond acceptors (Lipinski definition) is 4. The molecule has 0 radical (unpaired) electrons. The summed E-state index contributed by atoms with van der Waals surface area (Å²) >= 11 is 0. The molecule has 0 saturated heterocycles. The SMILES string of the molecule is Cc1ccc(C(=O)Nc2ccc(C)nc2C)c(NN)c1. The Bertz CT molecular complexity index is 652. The molecular formula is C15H18N4O. The summed E-state index contributed by atoms with van der Waals surface area (Å²) in [6.45, 7) is 5.71. The Balaban J connectivity index is 2.28. The highest BCUT2D eigenvalue weighted by atomic mass is 16.1. The molecule has 5 nitrogen and oxygen atoms in total. The molecule has 4 N–H and O–H groups in total. The van der Waals surface area contributed by atoms with Crippen molar-refractivity contribution in [2.24, 2.45) is 5.84 Å². The van der Waals surface area contributed by atoms with Gasteiger partial charge in [0.2, 0.25) is 0 Å². The Morgan fingerprint density at radius 3 is 2.50 bits per heavy atom.